The van der Waals surface area contributed by atoms with Crippen molar-refractivity contribution in [3.63, 3.8) is 0 Å². The Morgan fingerprint density at radius 2 is 1.72 bits per heavy atom. The highest BCUT2D eigenvalue weighted by atomic mass is 16.5. The van der Waals surface area contributed by atoms with Crippen LogP contribution in [-0.4, -0.2) is 141 Å². The predicted molar refractivity (Wildman–Crippen MR) is 157 cm³/mol. The molecule has 1 fully saturated rings. The third-order valence-corrected chi connectivity index (χ3v) is 8.13. The van der Waals surface area contributed by atoms with Crippen LogP contribution in [0.4, 0.5) is 0 Å². The molecule has 0 aromatic rings. The molecule has 1 heterocycles. The third kappa shape index (κ3) is 11.3. The largest absolute Gasteiger partial charge is 0.395 e. The molecule has 0 aliphatic carbocycles. The van der Waals surface area contributed by atoms with Crippen LogP contribution in [0.5, 0.6) is 0 Å². The average Bonchev–Trinajstić information content (AvgIpc) is 3.49. The lowest BCUT2D eigenvalue weighted by atomic mass is 9.90. The van der Waals surface area contributed by atoms with Gasteiger partial charge in [-0.1, -0.05) is 27.2 Å². The molecule has 1 aliphatic rings. The van der Waals surface area contributed by atoms with Gasteiger partial charge in [0.1, 0.15) is 12.6 Å². The maximum atomic E-state index is 13.7. The van der Waals surface area contributed by atoms with E-state index in [9.17, 15) is 24.0 Å². The molecule has 5 amide bonds. The summed E-state index contributed by atoms with van der Waals surface area (Å²) >= 11 is 0. The van der Waals surface area contributed by atoms with Crippen LogP contribution >= 0.6 is 0 Å². The SMILES string of the molecule is CCC(C)C(C(CC(=O)N1CCCC1C(OC)C(C)C(=O)NCCO)OC)N(C)C(=O)CNC(=O)C(N)CNC(=O)CO. The predicted octanol–water partition coefficient (Wildman–Crippen LogP) is -2.43. The monoisotopic (exact) mass is 616 g/mol. The summed E-state index contributed by atoms with van der Waals surface area (Å²) in [5.41, 5.74) is 5.76. The van der Waals surface area contributed by atoms with E-state index in [4.69, 9.17) is 25.4 Å². The lowest BCUT2D eigenvalue weighted by Gasteiger charge is -2.39. The highest BCUT2D eigenvalue weighted by molar-refractivity contribution is 5.88. The van der Waals surface area contributed by atoms with E-state index in [0.29, 0.717) is 19.4 Å². The maximum Gasteiger partial charge on any atom is 0.245 e. The van der Waals surface area contributed by atoms with E-state index in [0.717, 1.165) is 6.42 Å². The van der Waals surface area contributed by atoms with E-state index in [1.165, 1.54) is 19.1 Å². The number of carbonyl (C=O) groups is 5. The molecule has 0 aromatic carbocycles. The van der Waals surface area contributed by atoms with Crippen molar-refractivity contribution in [2.45, 2.75) is 76.8 Å². The molecular weight excluding hydrogens is 564 g/mol. The number of hydrogen-bond donors (Lipinski definition) is 6. The zero-order valence-electron chi connectivity index (χ0n) is 26.3. The van der Waals surface area contributed by atoms with Gasteiger partial charge in [-0.15, -0.1) is 0 Å². The first-order valence-electron chi connectivity index (χ1n) is 14.8. The van der Waals surface area contributed by atoms with Crippen molar-refractivity contribution in [2.24, 2.45) is 17.6 Å². The van der Waals surface area contributed by atoms with Crippen molar-refractivity contribution < 1.29 is 43.7 Å². The highest BCUT2D eigenvalue weighted by Gasteiger charge is 2.41. The fourth-order valence-corrected chi connectivity index (χ4v) is 5.46. The molecule has 0 aromatic heterocycles. The zero-order valence-corrected chi connectivity index (χ0v) is 26.3. The number of hydrogen-bond acceptors (Lipinski definition) is 10. The first-order chi connectivity index (χ1) is 20.4. The van der Waals surface area contributed by atoms with Gasteiger partial charge in [0.2, 0.25) is 29.5 Å². The number of amides is 5. The second kappa shape index (κ2) is 19.4. The number of rotatable bonds is 19. The number of carbonyl (C=O) groups excluding carboxylic acids is 5. The molecule has 248 valence electrons. The summed E-state index contributed by atoms with van der Waals surface area (Å²) in [5, 5.41) is 25.2. The molecule has 0 radical (unpaired) electrons. The van der Waals surface area contributed by atoms with Crippen LogP contribution in [-0.2, 0) is 33.4 Å². The van der Waals surface area contributed by atoms with Gasteiger partial charge in [-0.25, -0.2) is 0 Å². The summed E-state index contributed by atoms with van der Waals surface area (Å²) in [4.78, 5) is 66.1. The van der Waals surface area contributed by atoms with Crippen LogP contribution in [0, 0.1) is 11.8 Å². The lowest BCUT2D eigenvalue weighted by molar-refractivity contribution is -0.145. The number of ether oxygens (including phenoxy) is 2. The second-order valence-electron chi connectivity index (χ2n) is 10.9. The van der Waals surface area contributed by atoms with Crippen molar-refractivity contribution in [3.8, 4) is 0 Å². The van der Waals surface area contributed by atoms with Crippen LogP contribution in [0.2, 0.25) is 0 Å². The number of likely N-dealkylation sites (tertiary alicyclic amines) is 1. The standard InChI is InChI=1S/C28H52N6O9/c1-7-17(2)25(33(4)24(39)15-32-28(41)19(29)14-31-22(37)16-36)21(42-5)13-23(38)34-11-8-9-20(34)26(43-6)18(3)27(40)30-10-12-35/h17-21,25-26,35-36H,7-16,29H2,1-6H3,(H,30,40)(H,31,37)(H,32,41). The van der Waals surface area contributed by atoms with E-state index in [-0.39, 0.29) is 56.4 Å². The van der Waals surface area contributed by atoms with E-state index in [1.54, 1.807) is 18.9 Å². The van der Waals surface area contributed by atoms with Crippen molar-refractivity contribution in [1.29, 1.82) is 0 Å². The molecule has 1 rings (SSSR count). The third-order valence-electron chi connectivity index (χ3n) is 8.13. The Bertz CT molecular complexity index is 923. The Hall–Kier alpha value is -2.85. The minimum absolute atomic E-state index is 0.0110. The van der Waals surface area contributed by atoms with Crippen molar-refractivity contribution in [3.05, 3.63) is 0 Å². The van der Waals surface area contributed by atoms with Gasteiger partial charge in [0.05, 0.1) is 49.8 Å². The van der Waals surface area contributed by atoms with Gasteiger partial charge >= 0.3 is 0 Å². The summed E-state index contributed by atoms with van der Waals surface area (Å²) in [5.74, 6) is -2.81. The zero-order chi connectivity index (χ0) is 32.7. The normalized spacial score (nSPS) is 19.0. The molecule has 0 bridgehead atoms. The number of likely N-dealkylation sites (N-methyl/N-ethyl adjacent to an activating group) is 1. The molecule has 15 nitrogen and oxygen atoms in total. The number of aliphatic hydroxyl groups excluding tert-OH is 2. The van der Waals surface area contributed by atoms with E-state index >= 15 is 0 Å². The molecule has 7 unspecified atom stereocenters. The first kappa shape index (κ1) is 38.2. The summed E-state index contributed by atoms with van der Waals surface area (Å²) < 4.78 is 11.5. The summed E-state index contributed by atoms with van der Waals surface area (Å²) in [6, 6.07) is -1.94. The van der Waals surface area contributed by atoms with E-state index in [1.807, 2.05) is 13.8 Å². The molecular formula is C28H52N6O9. The quantitative estimate of drug-likeness (QED) is 0.0903. The van der Waals surface area contributed by atoms with E-state index in [2.05, 4.69) is 16.0 Å². The molecule has 43 heavy (non-hydrogen) atoms. The maximum absolute atomic E-state index is 13.7. The minimum atomic E-state index is -1.11. The number of nitrogens with zero attached hydrogens (tertiary/aromatic N) is 2. The fourth-order valence-electron chi connectivity index (χ4n) is 5.46. The minimum Gasteiger partial charge on any atom is -0.395 e. The van der Waals surface area contributed by atoms with Crippen LogP contribution in [0.25, 0.3) is 0 Å². The van der Waals surface area contributed by atoms with Crippen molar-refractivity contribution in [1.82, 2.24) is 25.8 Å². The Kier molecular flexibility index (Phi) is 17.3. The Labute approximate surface area is 254 Å². The summed E-state index contributed by atoms with van der Waals surface area (Å²) in [6.45, 7) is 4.82. The number of nitrogens with two attached hydrogens (primary N) is 1. The van der Waals surface area contributed by atoms with Gasteiger partial charge in [0.25, 0.3) is 0 Å². The Balaban J connectivity index is 2.97. The van der Waals surface area contributed by atoms with Gasteiger partial charge in [-0.2, -0.15) is 0 Å². The Morgan fingerprint density at radius 3 is 2.28 bits per heavy atom. The van der Waals surface area contributed by atoms with Crippen molar-refractivity contribution in [2.75, 3.05) is 60.7 Å². The number of nitrogens with one attached hydrogen (secondary N) is 3. The molecule has 0 saturated carbocycles. The summed E-state index contributed by atoms with van der Waals surface area (Å²) in [7, 11) is 4.59. The highest BCUT2D eigenvalue weighted by Crippen LogP contribution is 2.29. The molecule has 7 N–H and O–H groups in total. The van der Waals surface area contributed by atoms with Gasteiger partial charge in [0, 0.05) is 40.9 Å². The van der Waals surface area contributed by atoms with Crippen LogP contribution in [0.15, 0.2) is 0 Å². The molecule has 1 aliphatic heterocycles. The van der Waals surface area contributed by atoms with Crippen LogP contribution in [0.1, 0.15) is 46.5 Å². The molecule has 7 atom stereocenters. The number of aliphatic hydroxyl groups is 2. The van der Waals surface area contributed by atoms with Crippen molar-refractivity contribution >= 4 is 29.5 Å². The second-order valence-corrected chi connectivity index (χ2v) is 10.9. The van der Waals surface area contributed by atoms with Crippen LogP contribution in [0.3, 0.4) is 0 Å². The fraction of sp³-hybridized carbons (Fsp3) is 0.821. The van der Waals surface area contributed by atoms with Gasteiger partial charge < -0.3 is 51.2 Å². The van der Waals surface area contributed by atoms with Crippen LogP contribution < -0.4 is 21.7 Å². The Morgan fingerprint density at radius 1 is 1.05 bits per heavy atom. The molecule has 15 heteroatoms. The first-order valence-corrected chi connectivity index (χ1v) is 14.8. The van der Waals surface area contributed by atoms with E-state index < -0.39 is 54.5 Å². The topological polar surface area (TPSA) is 213 Å². The molecule has 0 spiro atoms. The summed E-state index contributed by atoms with van der Waals surface area (Å²) in [6.07, 6.45) is 0.887. The smallest absolute Gasteiger partial charge is 0.245 e. The van der Waals surface area contributed by atoms with Gasteiger partial charge in [0.15, 0.2) is 0 Å². The number of methoxy groups -OCH3 is 2. The lowest BCUT2D eigenvalue weighted by Crippen LogP contribution is -2.55. The molecule has 1 saturated heterocycles. The average molecular weight is 617 g/mol. The van der Waals surface area contributed by atoms with Gasteiger partial charge in [-0.05, 0) is 18.8 Å². The van der Waals surface area contributed by atoms with Gasteiger partial charge in [-0.3, -0.25) is 24.0 Å².